The average Bonchev–Trinajstić information content (AvgIpc) is 3.38. The molecule has 0 atom stereocenters. The molecule has 1 aliphatic heterocycles. The van der Waals surface area contributed by atoms with Crippen LogP contribution in [0.25, 0.3) is 5.82 Å². The van der Waals surface area contributed by atoms with Crippen molar-refractivity contribution in [2.75, 3.05) is 29.9 Å². The Bertz CT molecular complexity index is 1440. The van der Waals surface area contributed by atoms with Gasteiger partial charge in [0, 0.05) is 43.8 Å². The largest absolute Gasteiger partial charge is 0.371 e. The number of nitrogens with one attached hydrogen (secondary N) is 2. The summed E-state index contributed by atoms with van der Waals surface area (Å²) in [5.74, 6) is -0.419. The van der Waals surface area contributed by atoms with Gasteiger partial charge in [-0.25, -0.2) is 9.37 Å². The summed E-state index contributed by atoms with van der Waals surface area (Å²) in [5.41, 5.74) is 1.54. The van der Waals surface area contributed by atoms with Crippen LogP contribution in [0.5, 0.6) is 0 Å². The monoisotopic (exact) mass is 547 g/mol. The predicted molar refractivity (Wildman–Crippen MR) is 147 cm³/mol. The lowest BCUT2D eigenvalue weighted by Gasteiger charge is -2.33. The minimum Gasteiger partial charge on any atom is -0.371 e. The van der Waals surface area contributed by atoms with E-state index in [-0.39, 0.29) is 33.8 Å². The molecule has 4 aromatic rings. The number of benzene rings is 1. The van der Waals surface area contributed by atoms with E-state index in [0.717, 1.165) is 38.5 Å². The van der Waals surface area contributed by atoms with E-state index in [0.29, 0.717) is 12.5 Å². The smallest absolute Gasteiger partial charge is 0.271 e. The third-order valence-corrected chi connectivity index (χ3v) is 7.04. The summed E-state index contributed by atoms with van der Waals surface area (Å²) in [6, 6.07) is 14.7. The second-order valence-corrected chi connectivity index (χ2v) is 9.68. The van der Waals surface area contributed by atoms with E-state index < -0.39 is 11.7 Å². The number of carbonyl (C=O) groups is 2. The summed E-state index contributed by atoms with van der Waals surface area (Å²) >= 11 is 6.17. The summed E-state index contributed by atoms with van der Waals surface area (Å²) < 4.78 is 14.8. The molecule has 0 bridgehead atoms. The van der Waals surface area contributed by atoms with E-state index in [9.17, 15) is 14.0 Å². The highest BCUT2D eigenvalue weighted by molar-refractivity contribution is 6.34. The molecule has 0 saturated carbocycles. The zero-order valence-electron chi connectivity index (χ0n) is 21.1. The first-order valence-electron chi connectivity index (χ1n) is 12.7. The molecule has 1 aliphatic rings. The Hall–Kier alpha value is -4.31. The van der Waals surface area contributed by atoms with Gasteiger partial charge in [-0.15, -0.1) is 0 Å². The molecule has 5 rings (SSSR count). The molecule has 0 aliphatic carbocycles. The van der Waals surface area contributed by atoms with Crippen LogP contribution < -0.4 is 15.5 Å². The first kappa shape index (κ1) is 26.3. The lowest BCUT2D eigenvalue weighted by Crippen LogP contribution is -2.35. The fourth-order valence-corrected chi connectivity index (χ4v) is 4.81. The molecule has 1 saturated heterocycles. The van der Waals surface area contributed by atoms with Gasteiger partial charge in [-0.05, 0) is 61.6 Å². The number of nitrogens with zero attached hydrogens (tertiary/aromatic N) is 5. The molecule has 0 spiro atoms. The highest BCUT2D eigenvalue weighted by Gasteiger charge is 2.22. The molecule has 39 heavy (non-hydrogen) atoms. The molecule has 2 N–H and O–H groups in total. The van der Waals surface area contributed by atoms with Gasteiger partial charge in [-0.3, -0.25) is 14.6 Å². The Kier molecular flexibility index (Phi) is 8.12. The van der Waals surface area contributed by atoms with Crippen molar-refractivity contribution >= 4 is 34.9 Å². The lowest BCUT2D eigenvalue weighted by molar-refractivity contribution is 0.0944. The molecule has 11 heteroatoms. The Labute approximate surface area is 230 Å². The predicted octanol–water partition coefficient (Wildman–Crippen LogP) is 4.74. The van der Waals surface area contributed by atoms with Crippen molar-refractivity contribution in [3.8, 4) is 5.82 Å². The van der Waals surface area contributed by atoms with E-state index in [4.69, 9.17) is 11.6 Å². The van der Waals surface area contributed by atoms with Crippen molar-refractivity contribution in [2.45, 2.75) is 19.3 Å². The van der Waals surface area contributed by atoms with Crippen molar-refractivity contribution in [1.82, 2.24) is 25.1 Å². The molecular weight excluding hydrogens is 521 g/mol. The van der Waals surface area contributed by atoms with E-state index in [1.807, 2.05) is 12.1 Å². The molecule has 0 radical (unpaired) electrons. The van der Waals surface area contributed by atoms with Crippen molar-refractivity contribution in [2.24, 2.45) is 5.92 Å². The van der Waals surface area contributed by atoms with Gasteiger partial charge < -0.3 is 15.5 Å². The van der Waals surface area contributed by atoms with E-state index >= 15 is 0 Å². The van der Waals surface area contributed by atoms with Crippen LogP contribution in [-0.2, 0) is 0 Å². The van der Waals surface area contributed by atoms with Crippen LogP contribution in [-0.4, -0.2) is 51.2 Å². The maximum absolute atomic E-state index is 13.5. The number of hydrogen-bond donors (Lipinski definition) is 2. The molecule has 200 valence electrons. The number of carbonyl (C=O) groups excluding carboxylic acids is 2. The SMILES string of the molecule is O=C(NCCC1CCN(c2ccncc2)CC1)c1cc(NC(=O)c2ccccc2Cl)n(-c2ccc(F)cn2)n1. The highest BCUT2D eigenvalue weighted by Crippen LogP contribution is 2.25. The molecule has 9 nitrogen and oxygen atoms in total. The van der Waals surface area contributed by atoms with Crippen LogP contribution in [0.2, 0.25) is 5.02 Å². The molecular formula is C28H27ClFN7O2. The topological polar surface area (TPSA) is 105 Å². The molecule has 2 amide bonds. The Morgan fingerprint density at radius 1 is 1.03 bits per heavy atom. The number of anilines is 2. The van der Waals surface area contributed by atoms with Crippen LogP contribution in [0.4, 0.5) is 15.9 Å². The normalized spacial score (nSPS) is 13.7. The number of piperidine rings is 1. The number of hydrogen-bond acceptors (Lipinski definition) is 6. The van der Waals surface area contributed by atoms with Crippen molar-refractivity contribution in [3.63, 3.8) is 0 Å². The van der Waals surface area contributed by atoms with E-state index in [1.54, 1.807) is 36.7 Å². The zero-order valence-corrected chi connectivity index (χ0v) is 21.8. The maximum atomic E-state index is 13.5. The Balaban J connectivity index is 1.23. The third-order valence-electron chi connectivity index (χ3n) is 6.71. The number of amides is 2. The van der Waals surface area contributed by atoms with Gasteiger partial charge in [-0.2, -0.15) is 9.78 Å². The van der Waals surface area contributed by atoms with Gasteiger partial charge >= 0.3 is 0 Å². The summed E-state index contributed by atoms with van der Waals surface area (Å²) in [5, 5.41) is 10.3. The van der Waals surface area contributed by atoms with Crippen molar-refractivity contribution in [1.29, 1.82) is 0 Å². The second kappa shape index (κ2) is 12.0. The van der Waals surface area contributed by atoms with Gasteiger partial charge in [0.2, 0.25) is 0 Å². The molecule has 1 aromatic carbocycles. The fourth-order valence-electron chi connectivity index (χ4n) is 4.59. The first-order valence-corrected chi connectivity index (χ1v) is 13.1. The quantitative estimate of drug-likeness (QED) is 0.330. The number of rotatable bonds is 8. The van der Waals surface area contributed by atoms with Gasteiger partial charge in [0.25, 0.3) is 11.8 Å². The number of halogens is 2. The van der Waals surface area contributed by atoms with Gasteiger partial charge in [0.05, 0.1) is 16.8 Å². The lowest BCUT2D eigenvalue weighted by atomic mass is 9.93. The molecule has 0 unspecified atom stereocenters. The molecule has 1 fully saturated rings. The van der Waals surface area contributed by atoms with Crippen LogP contribution in [0.1, 0.15) is 40.1 Å². The van der Waals surface area contributed by atoms with Crippen LogP contribution in [0, 0.1) is 11.7 Å². The van der Waals surface area contributed by atoms with Gasteiger partial charge in [-0.1, -0.05) is 23.7 Å². The highest BCUT2D eigenvalue weighted by atomic mass is 35.5. The molecule has 3 aromatic heterocycles. The summed E-state index contributed by atoms with van der Waals surface area (Å²) in [6.07, 6.45) is 7.58. The Morgan fingerprint density at radius 3 is 2.51 bits per heavy atom. The van der Waals surface area contributed by atoms with E-state index in [2.05, 4.69) is 30.6 Å². The van der Waals surface area contributed by atoms with Gasteiger partial charge in [0.15, 0.2) is 11.5 Å². The second-order valence-electron chi connectivity index (χ2n) is 9.28. The van der Waals surface area contributed by atoms with Crippen molar-refractivity contribution < 1.29 is 14.0 Å². The first-order chi connectivity index (χ1) is 19.0. The molecule has 4 heterocycles. The summed E-state index contributed by atoms with van der Waals surface area (Å²) in [6.45, 7) is 2.43. The zero-order chi connectivity index (χ0) is 27.2. The van der Waals surface area contributed by atoms with Gasteiger partial charge in [0.1, 0.15) is 11.6 Å². The minimum absolute atomic E-state index is 0.100. The summed E-state index contributed by atoms with van der Waals surface area (Å²) in [4.78, 5) is 36.3. The van der Waals surface area contributed by atoms with E-state index in [1.165, 1.54) is 28.6 Å². The number of aromatic nitrogens is 4. The number of pyridine rings is 2. The Morgan fingerprint density at radius 2 is 1.79 bits per heavy atom. The minimum atomic E-state index is -0.517. The van der Waals surface area contributed by atoms with Crippen LogP contribution in [0.3, 0.4) is 0 Å². The van der Waals surface area contributed by atoms with Crippen LogP contribution in [0.15, 0.2) is 73.2 Å². The summed E-state index contributed by atoms with van der Waals surface area (Å²) in [7, 11) is 0. The maximum Gasteiger partial charge on any atom is 0.271 e. The third kappa shape index (κ3) is 6.40. The van der Waals surface area contributed by atoms with Crippen LogP contribution >= 0.6 is 11.6 Å². The van der Waals surface area contributed by atoms with Crippen molar-refractivity contribution in [3.05, 3.63) is 95.3 Å². The standard InChI is InChI=1S/C28H27ClFN7O2/c29-23-4-2-1-3-22(23)27(38)34-26-17-24(35-37(26)25-6-5-20(30)18-33-25)28(39)32-14-7-19-10-15-36(16-11-19)21-8-12-31-13-9-21/h1-6,8-9,12-13,17-19H,7,10-11,14-16H2,(H,32,39)(H,34,38). The average molecular weight is 548 g/mol. The fraction of sp³-hybridized carbons (Fsp3) is 0.250.